The molecule has 0 radical (unpaired) electrons. The Balaban J connectivity index is 1.17. The third-order valence-electron chi connectivity index (χ3n) is 9.47. The Labute approximate surface area is 255 Å². The Morgan fingerprint density at radius 3 is 2.50 bits per heavy atom. The zero-order valence-corrected chi connectivity index (χ0v) is 25.9. The van der Waals surface area contributed by atoms with Crippen LogP contribution in [0.15, 0.2) is 53.1 Å². The van der Waals surface area contributed by atoms with E-state index in [4.69, 9.17) is 20.4 Å². The van der Waals surface area contributed by atoms with Gasteiger partial charge in [-0.05, 0) is 88.2 Å². The highest BCUT2D eigenvalue weighted by atomic mass is 32.1. The van der Waals surface area contributed by atoms with Crippen LogP contribution in [0.4, 0.5) is 5.69 Å². The summed E-state index contributed by atoms with van der Waals surface area (Å²) in [4.78, 5) is 19.0. The first kappa shape index (κ1) is 29.1. The molecule has 7 nitrogen and oxygen atoms in total. The van der Waals surface area contributed by atoms with Gasteiger partial charge in [0.2, 0.25) is 0 Å². The van der Waals surface area contributed by atoms with Gasteiger partial charge in [0, 0.05) is 48.5 Å². The van der Waals surface area contributed by atoms with Crippen molar-refractivity contribution in [3.05, 3.63) is 64.4 Å². The molecule has 42 heavy (non-hydrogen) atoms. The van der Waals surface area contributed by atoms with E-state index in [1.54, 1.807) is 23.7 Å². The number of thiazole rings is 1. The SMILES string of the molecule is Cc1nc(CN(CCC[C@@H](C2CCCCC2)N2Cc3cc(Oc4ccncc4)ccc3N=C2N)C2CCCCC2)cs1. The fourth-order valence-corrected chi connectivity index (χ4v) is 7.94. The van der Waals surface area contributed by atoms with Gasteiger partial charge in [-0.25, -0.2) is 9.98 Å². The number of guanidine groups is 1. The molecule has 8 heteroatoms. The van der Waals surface area contributed by atoms with Crippen molar-refractivity contribution in [2.75, 3.05) is 6.54 Å². The third kappa shape index (κ3) is 7.32. The first-order chi connectivity index (χ1) is 20.6. The van der Waals surface area contributed by atoms with Crippen molar-refractivity contribution in [3.63, 3.8) is 0 Å². The summed E-state index contributed by atoms with van der Waals surface area (Å²) in [7, 11) is 0. The van der Waals surface area contributed by atoms with Gasteiger partial charge in [-0.1, -0.05) is 38.5 Å². The molecule has 2 aliphatic carbocycles. The van der Waals surface area contributed by atoms with Crippen molar-refractivity contribution in [3.8, 4) is 11.5 Å². The van der Waals surface area contributed by atoms with Gasteiger partial charge >= 0.3 is 0 Å². The van der Waals surface area contributed by atoms with Gasteiger partial charge in [0.1, 0.15) is 11.5 Å². The van der Waals surface area contributed by atoms with Gasteiger partial charge in [-0.15, -0.1) is 11.3 Å². The molecule has 224 valence electrons. The number of aliphatic imine (C=N–C) groups is 1. The minimum atomic E-state index is 0.404. The smallest absolute Gasteiger partial charge is 0.197 e. The summed E-state index contributed by atoms with van der Waals surface area (Å²) < 4.78 is 6.13. The molecule has 6 rings (SSSR count). The highest BCUT2D eigenvalue weighted by Crippen LogP contribution is 2.37. The first-order valence-corrected chi connectivity index (χ1v) is 17.0. The standard InChI is InChI=1S/C34H46N6OS/c1-25-37-28(24-42-25)23-39(29-11-6-3-7-12-29)20-8-13-33(26-9-4-2-5-10-26)40-22-27-21-31(14-15-32(27)38-34(40)35)41-30-16-18-36-19-17-30/h14-19,21,24,26,29,33H,2-13,20,22-23H2,1H3,(H2,35,38)/t33-/m0/s1. The zero-order chi connectivity index (χ0) is 28.7. The number of rotatable bonds is 11. The molecule has 0 bridgehead atoms. The number of nitrogens with zero attached hydrogens (tertiary/aromatic N) is 5. The molecular weight excluding hydrogens is 540 g/mol. The molecule has 3 aromatic rings. The fraction of sp³-hybridized carbons (Fsp3) is 0.559. The van der Waals surface area contributed by atoms with Gasteiger partial charge in [0.05, 0.1) is 16.4 Å². The lowest BCUT2D eigenvalue weighted by Crippen LogP contribution is -2.49. The predicted octanol–water partition coefficient (Wildman–Crippen LogP) is 7.96. The molecule has 1 atom stereocenters. The molecular formula is C34H46N6OS. The number of benzene rings is 1. The molecule has 2 fully saturated rings. The van der Waals surface area contributed by atoms with E-state index in [2.05, 4.69) is 33.2 Å². The second kappa shape index (κ2) is 14.0. The van der Waals surface area contributed by atoms with E-state index in [1.165, 1.54) is 86.9 Å². The molecule has 0 amide bonds. The van der Waals surface area contributed by atoms with Crippen LogP contribution in [0.1, 0.15) is 93.3 Å². The number of fused-ring (bicyclic) bond motifs is 1. The average Bonchev–Trinajstić information content (AvgIpc) is 3.44. The van der Waals surface area contributed by atoms with Crippen LogP contribution < -0.4 is 10.5 Å². The summed E-state index contributed by atoms with van der Waals surface area (Å²) in [6.45, 7) is 4.99. The van der Waals surface area contributed by atoms with Crippen LogP contribution in [0.5, 0.6) is 11.5 Å². The lowest BCUT2D eigenvalue weighted by molar-refractivity contribution is 0.125. The average molecular weight is 587 g/mol. The molecule has 2 saturated carbocycles. The monoisotopic (exact) mass is 586 g/mol. The number of aryl methyl sites for hydroxylation is 1. The number of hydrogen-bond acceptors (Lipinski definition) is 8. The fourth-order valence-electron chi connectivity index (χ4n) is 7.34. The largest absolute Gasteiger partial charge is 0.457 e. The van der Waals surface area contributed by atoms with Crippen molar-refractivity contribution in [2.24, 2.45) is 16.6 Å². The summed E-state index contributed by atoms with van der Waals surface area (Å²) >= 11 is 1.77. The number of hydrogen-bond donors (Lipinski definition) is 1. The maximum Gasteiger partial charge on any atom is 0.197 e. The second-order valence-corrected chi connectivity index (χ2v) is 13.5. The molecule has 0 saturated heterocycles. The normalized spacial score (nSPS) is 19.0. The first-order valence-electron chi connectivity index (χ1n) is 16.1. The Morgan fingerprint density at radius 1 is 1.00 bits per heavy atom. The Bertz CT molecular complexity index is 1310. The molecule has 2 aromatic heterocycles. The van der Waals surface area contributed by atoms with Crippen LogP contribution in [0.3, 0.4) is 0 Å². The maximum atomic E-state index is 6.74. The van der Waals surface area contributed by atoms with E-state index >= 15 is 0 Å². The molecule has 0 spiro atoms. The van der Waals surface area contributed by atoms with Crippen molar-refractivity contribution < 1.29 is 4.74 Å². The molecule has 2 N–H and O–H groups in total. The van der Waals surface area contributed by atoms with E-state index in [1.807, 2.05) is 24.3 Å². The zero-order valence-electron chi connectivity index (χ0n) is 25.1. The molecule has 0 unspecified atom stereocenters. The number of aromatic nitrogens is 2. The summed E-state index contributed by atoms with van der Waals surface area (Å²) in [6.07, 6.45) is 19.1. The van der Waals surface area contributed by atoms with E-state index in [9.17, 15) is 0 Å². The highest BCUT2D eigenvalue weighted by Gasteiger charge is 2.33. The van der Waals surface area contributed by atoms with Gasteiger partial charge in [-0.3, -0.25) is 9.88 Å². The van der Waals surface area contributed by atoms with E-state index in [0.717, 1.165) is 43.2 Å². The van der Waals surface area contributed by atoms with Gasteiger partial charge in [0.25, 0.3) is 0 Å². The summed E-state index contributed by atoms with van der Waals surface area (Å²) in [5.74, 6) is 2.94. The van der Waals surface area contributed by atoms with Crippen LogP contribution >= 0.6 is 11.3 Å². The lowest BCUT2D eigenvalue weighted by atomic mass is 9.81. The van der Waals surface area contributed by atoms with Crippen molar-refractivity contribution >= 4 is 23.0 Å². The maximum absolute atomic E-state index is 6.74. The van der Waals surface area contributed by atoms with Crippen LogP contribution in [-0.4, -0.2) is 44.4 Å². The minimum Gasteiger partial charge on any atom is -0.457 e. The summed E-state index contributed by atoms with van der Waals surface area (Å²) in [5.41, 5.74) is 10.1. The molecule has 3 heterocycles. The molecule has 3 aliphatic rings. The van der Waals surface area contributed by atoms with E-state index in [0.29, 0.717) is 24.0 Å². The van der Waals surface area contributed by atoms with E-state index < -0.39 is 0 Å². The quantitative estimate of drug-likeness (QED) is 0.245. The predicted molar refractivity (Wildman–Crippen MR) is 171 cm³/mol. The van der Waals surface area contributed by atoms with Crippen LogP contribution in [0, 0.1) is 12.8 Å². The molecule has 1 aliphatic heterocycles. The van der Waals surface area contributed by atoms with Crippen LogP contribution in [-0.2, 0) is 13.1 Å². The van der Waals surface area contributed by atoms with Crippen molar-refractivity contribution in [1.29, 1.82) is 0 Å². The Hall–Kier alpha value is -2.97. The number of pyridine rings is 1. The highest BCUT2D eigenvalue weighted by molar-refractivity contribution is 7.09. The van der Waals surface area contributed by atoms with Crippen molar-refractivity contribution in [2.45, 2.75) is 109 Å². The van der Waals surface area contributed by atoms with E-state index in [-0.39, 0.29) is 0 Å². The van der Waals surface area contributed by atoms with Gasteiger partial charge in [-0.2, -0.15) is 0 Å². The van der Waals surface area contributed by atoms with Crippen molar-refractivity contribution in [1.82, 2.24) is 19.8 Å². The topological polar surface area (TPSA) is 79.9 Å². The second-order valence-electron chi connectivity index (χ2n) is 12.4. The number of nitrogens with two attached hydrogens (primary N) is 1. The van der Waals surface area contributed by atoms with Crippen LogP contribution in [0.2, 0.25) is 0 Å². The molecule has 1 aromatic carbocycles. The number of ether oxygens (including phenoxy) is 1. The third-order valence-corrected chi connectivity index (χ3v) is 10.3. The Morgan fingerprint density at radius 2 is 1.76 bits per heavy atom. The van der Waals surface area contributed by atoms with Crippen LogP contribution in [0.25, 0.3) is 0 Å². The minimum absolute atomic E-state index is 0.404. The van der Waals surface area contributed by atoms with Gasteiger partial charge < -0.3 is 15.4 Å². The summed E-state index contributed by atoms with van der Waals surface area (Å²) in [6, 6.07) is 11.0. The Kier molecular flexibility index (Phi) is 9.71. The summed E-state index contributed by atoms with van der Waals surface area (Å²) in [5, 5.41) is 3.42. The van der Waals surface area contributed by atoms with Gasteiger partial charge in [0.15, 0.2) is 5.96 Å². The lowest BCUT2D eigenvalue weighted by Gasteiger charge is -2.42.